The Morgan fingerprint density at radius 3 is 2.39 bits per heavy atom. The van der Waals surface area contributed by atoms with Crippen LogP contribution in [0.3, 0.4) is 0 Å². The largest absolute Gasteiger partial charge is 0.374 e. The molecule has 0 aromatic heterocycles. The van der Waals surface area contributed by atoms with E-state index in [1.54, 1.807) is 6.07 Å². The zero-order chi connectivity index (χ0) is 13.8. The van der Waals surface area contributed by atoms with Gasteiger partial charge in [0.1, 0.15) is 0 Å². The first-order valence-corrected chi connectivity index (χ1v) is 6.16. The number of halogens is 2. The first kappa shape index (κ1) is 15.1. The molecule has 0 heterocycles. The third-order valence-corrected chi connectivity index (χ3v) is 2.48. The van der Waals surface area contributed by atoms with Gasteiger partial charge in [-0.1, -0.05) is 13.0 Å². The van der Waals surface area contributed by atoms with Crippen LogP contribution in [0, 0.1) is 11.6 Å². The SMILES string of the molecule is CCNC(COC(C)(C)C)c1ccc(F)c(F)c1. The lowest BCUT2D eigenvalue weighted by Gasteiger charge is -2.25. The summed E-state index contributed by atoms with van der Waals surface area (Å²) in [6.45, 7) is 8.99. The molecule has 0 spiro atoms. The number of ether oxygens (including phenoxy) is 1. The number of hydrogen-bond donors (Lipinski definition) is 1. The summed E-state index contributed by atoms with van der Waals surface area (Å²) in [4.78, 5) is 0. The van der Waals surface area contributed by atoms with Crippen LogP contribution in [0.2, 0.25) is 0 Å². The minimum atomic E-state index is -0.828. The molecule has 0 aliphatic carbocycles. The topological polar surface area (TPSA) is 21.3 Å². The summed E-state index contributed by atoms with van der Waals surface area (Å²) < 4.78 is 31.8. The fourth-order valence-electron chi connectivity index (χ4n) is 1.58. The van der Waals surface area contributed by atoms with Crippen LogP contribution in [0.5, 0.6) is 0 Å². The second-order valence-corrected chi connectivity index (χ2v) is 5.21. The molecule has 1 aromatic carbocycles. The van der Waals surface area contributed by atoms with Gasteiger partial charge in [0.05, 0.1) is 18.2 Å². The van der Waals surface area contributed by atoms with Gasteiger partial charge >= 0.3 is 0 Å². The van der Waals surface area contributed by atoms with Crippen molar-refractivity contribution >= 4 is 0 Å². The Labute approximate surface area is 107 Å². The lowest BCUT2D eigenvalue weighted by atomic mass is 10.1. The van der Waals surface area contributed by atoms with Crippen molar-refractivity contribution in [3.05, 3.63) is 35.4 Å². The van der Waals surface area contributed by atoms with Crippen molar-refractivity contribution in [1.29, 1.82) is 0 Å². The van der Waals surface area contributed by atoms with E-state index in [9.17, 15) is 8.78 Å². The highest BCUT2D eigenvalue weighted by atomic mass is 19.2. The van der Waals surface area contributed by atoms with Crippen molar-refractivity contribution in [1.82, 2.24) is 5.32 Å². The van der Waals surface area contributed by atoms with Gasteiger partial charge in [-0.05, 0) is 45.0 Å². The van der Waals surface area contributed by atoms with Crippen molar-refractivity contribution in [2.24, 2.45) is 0 Å². The molecule has 0 bridgehead atoms. The molecule has 2 nitrogen and oxygen atoms in total. The van der Waals surface area contributed by atoms with E-state index < -0.39 is 11.6 Å². The van der Waals surface area contributed by atoms with Crippen LogP contribution in [0.15, 0.2) is 18.2 Å². The maximum atomic E-state index is 13.2. The van der Waals surface area contributed by atoms with Crippen molar-refractivity contribution < 1.29 is 13.5 Å². The van der Waals surface area contributed by atoms with E-state index in [4.69, 9.17) is 4.74 Å². The summed E-state index contributed by atoms with van der Waals surface area (Å²) in [7, 11) is 0. The van der Waals surface area contributed by atoms with Gasteiger partial charge in [-0.2, -0.15) is 0 Å². The smallest absolute Gasteiger partial charge is 0.159 e. The number of rotatable bonds is 5. The van der Waals surface area contributed by atoms with Gasteiger partial charge in [-0.15, -0.1) is 0 Å². The minimum Gasteiger partial charge on any atom is -0.374 e. The molecule has 4 heteroatoms. The number of hydrogen-bond acceptors (Lipinski definition) is 2. The standard InChI is InChI=1S/C14H21F2NO/c1-5-17-13(9-18-14(2,3)4)10-6-7-11(15)12(16)8-10/h6-8,13,17H,5,9H2,1-4H3. The molecule has 1 unspecified atom stereocenters. The summed E-state index contributed by atoms with van der Waals surface area (Å²) in [5, 5.41) is 3.20. The highest BCUT2D eigenvalue weighted by molar-refractivity contribution is 5.21. The van der Waals surface area contributed by atoms with Crippen LogP contribution in [0.25, 0.3) is 0 Å². The molecule has 0 aliphatic heterocycles. The molecule has 0 saturated carbocycles. The number of likely N-dealkylation sites (N-methyl/N-ethyl adjacent to an activating group) is 1. The van der Waals surface area contributed by atoms with Gasteiger partial charge in [-0.25, -0.2) is 8.78 Å². The van der Waals surface area contributed by atoms with Crippen LogP contribution < -0.4 is 5.32 Å². The second kappa shape index (κ2) is 6.25. The summed E-state index contributed by atoms with van der Waals surface area (Å²) >= 11 is 0. The van der Waals surface area contributed by atoms with E-state index in [0.717, 1.165) is 12.6 Å². The second-order valence-electron chi connectivity index (χ2n) is 5.21. The zero-order valence-corrected chi connectivity index (χ0v) is 11.4. The molecule has 0 amide bonds. The highest BCUT2D eigenvalue weighted by Gasteiger charge is 2.17. The summed E-state index contributed by atoms with van der Waals surface area (Å²) in [6, 6.07) is 3.81. The normalized spacial score (nSPS) is 13.7. The fraction of sp³-hybridized carbons (Fsp3) is 0.571. The Balaban J connectivity index is 2.80. The van der Waals surface area contributed by atoms with E-state index in [-0.39, 0.29) is 11.6 Å². The minimum absolute atomic E-state index is 0.135. The van der Waals surface area contributed by atoms with Crippen LogP contribution in [-0.4, -0.2) is 18.8 Å². The lowest BCUT2D eigenvalue weighted by molar-refractivity contribution is -0.0146. The first-order valence-electron chi connectivity index (χ1n) is 6.16. The average molecular weight is 257 g/mol. The van der Waals surface area contributed by atoms with E-state index in [2.05, 4.69) is 5.32 Å². The number of nitrogens with one attached hydrogen (secondary N) is 1. The van der Waals surface area contributed by atoms with Gasteiger partial charge in [0.15, 0.2) is 11.6 Å². The van der Waals surface area contributed by atoms with Crippen LogP contribution in [-0.2, 0) is 4.74 Å². The Kier molecular flexibility index (Phi) is 5.23. The fourth-order valence-corrected chi connectivity index (χ4v) is 1.58. The van der Waals surface area contributed by atoms with E-state index in [0.29, 0.717) is 12.2 Å². The van der Waals surface area contributed by atoms with E-state index in [1.807, 2.05) is 27.7 Å². The maximum absolute atomic E-state index is 13.2. The molecular formula is C14H21F2NO. The molecule has 0 radical (unpaired) electrons. The Morgan fingerprint density at radius 2 is 1.89 bits per heavy atom. The molecule has 102 valence electrons. The zero-order valence-electron chi connectivity index (χ0n) is 11.4. The molecule has 1 rings (SSSR count). The molecule has 0 saturated heterocycles. The Bertz CT molecular complexity index is 388. The van der Waals surface area contributed by atoms with Crippen LogP contribution >= 0.6 is 0 Å². The first-order chi connectivity index (χ1) is 8.33. The monoisotopic (exact) mass is 257 g/mol. The van der Waals surface area contributed by atoms with E-state index >= 15 is 0 Å². The van der Waals surface area contributed by atoms with Gasteiger partial charge in [0.25, 0.3) is 0 Å². The third-order valence-electron chi connectivity index (χ3n) is 2.48. The predicted octanol–water partition coefficient (Wildman–Crippen LogP) is 3.43. The van der Waals surface area contributed by atoms with Gasteiger partial charge < -0.3 is 10.1 Å². The molecule has 1 N–H and O–H groups in total. The van der Waals surface area contributed by atoms with Gasteiger partial charge in [0, 0.05) is 0 Å². The predicted molar refractivity (Wildman–Crippen MR) is 68.5 cm³/mol. The highest BCUT2D eigenvalue weighted by Crippen LogP contribution is 2.19. The average Bonchev–Trinajstić information content (AvgIpc) is 2.27. The van der Waals surface area contributed by atoms with Crippen molar-refractivity contribution in [2.45, 2.75) is 39.3 Å². The summed E-state index contributed by atoms with van der Waals surface area (Å²) in [6.07, 6.45) is 0. The molecule has 1 aromatic rings. The Morgan fingerprint density at radius 1 is 1.22 bits per heavy atom. The van der Waals surface area contributed by atoms with Gasteiger partial charge in [-0.3, -0.25) is 0 Å². The molecule has 0 fully saturated rings. The van der Waals surface area contributed by atoms with Crippen molar-refractivity contribution in [3.63, 3.8) is 0 Å². The Hall–Kier alpha value is -1.00. The molecule has 1 atom stereocenters. The van der Waals surface area contributed by atoms with E-state index in [1.165, 1.54) is 6.07 Å². The van der Waals surface area contributed by atoms with Gasteiger partial charge in [0.2, 0.25) is 0 Å². The number of benzene rings is 1. The quantitative estimate of drug-likeness (QED) is 0.872. The molecule has 0 aliphatic rings. The van der Waals surface area contributed by atoms with Crippen LogP contribution in [0.4, 0.5) is 8.78 Å². The van der Waals surface area contributed by atoms with Crippen molar-refractivity contribution in [2.75, 3.05) is 13.2 Å². The molecule has 18 heavy (non-hydrogen) atoms. The maximum Gasteiger partial charge on any atom is 0.159 e. The lowest BCUT2D eigenvalue weighted by Crippen LogP contribution is -2.30. The third kappa shape index (κ3) is 4.70. The summed E-state index contributed by atoms with van der Waals surface area (Å²) in [5.41, 5.74) is 0.437. The van der Waals surface area contributed by atoms with Crippen LogP contribution in [0.1, 0.15) is 39.3 Å². The molecular weight excluding hydrogens is 236 g/mol. The summed E-state index contributed by atoms with van der Waals surface area (Å²) in [5.74, 6) is -1.66. The van der Waals surface area contributed by atoms with Crippen molar-refractivity contribution in [3.8, 4) is 0 Å².